The first-order valence-electron chi connectivity index (χ1n) is 8.88. The average Bonchev–Trinajstić information content (AvgIpc) is 2.70. The van der Waals surface area contributed by atoms with Gasteiger partial charge in [0.2, 0.25) is 15.9 Å². The second-order valence-corrected chi connectivity index (χ2v) is 8.23. The summed E-state index contributed by atoms with van der Waals surface area (Å²) in [6.45, 7) is 1.53. The van der Waals surface area contributed by atoms with E-state index in [0.29, 0.717) is 22.9 Å². The van der Waals surface area contributed by atoms with Crippen LogP contribution >= 0.6 is 0 Å². The predicted octanol–water partition coefficient (Wildman–Crippen LogP) is 3.67. The van der Waals surface area contributed by atoms with E-state index in [9.17, 15) is 13.2 Å². The maximum atomic E-state index is 12.6. The zero-order chi connectivity index (χ0) is 20.9. The second kappa shape index (κ2) is 8.74. The normalized spacial score (nSPS) is 12.1. The molecular weight excluding hydrogens is 390 g/mol. The average molecular weight is 411 g/mol. The molecular formula is C21H21N3O4S. The molecule has 2 aromatic carbocycles. The van der Waals surface area contributed by atoms with Crippen LogP contribution in [0.15, 0.2) is 79.1 Å². The summed E-state index contributed by atoms with van der Waals surface area (Å²) in [6, 6.07) is 18.2. The van der Waals surface area contributed by atoms with Gasteiger partial charge in [0.05, 0.1) is 23.8 Å². The summed E-state index contributed by atoms with van der Waals surface area (Å²) in [6.07, 6.45) is 4.14. The molecule has 29 heavy (non-hydrogen) atoms. The van der Waals surface area contributed by atoms with Crippen LogP contribution in [0.3, 0.4) is 0 Å². The fourth-order valence-electron chi connectivity index (χ4n) is 2.78. The number of nitrogens with one attached hydrogen (secondary N) is 1. The van der Waals surface area contributed by atoms with E-state index in [1.165, 1.54) is 13.1 Å². The van der Waals surface area contributed by atoms with Crippen molar-refractivity contribution in [1.29, 1.82) is 0 Å². The molecule has 1 atom stereocenters. The number of rotatable bonds is 7. The Morgan fingerprint density at radius 1 is 1.00 bits per heavy atom. The van der Waals surface area contributed by atoms with Gasteiger partial charge in [-0.2, -0.15) is 0 Å². The van der Waals surface area contributed by atoms with E-state index in [2.05, 4.69) is 10.3 Å². The van der Waals surface area contributed by atoms with E-state index in [-0.39, 0.29) is 0 Å². The van der Waals surface area contributed by atoms with E-state index >= 15 is 0 Å². The third-order valence-corrected chi connectivity index (χ3v) is 5.33. The Bertz CT molecular complexity index is 1060. The molecule has 1 aromatic heterocycles. The van der Waals surface area contributed by atoms with Gasteiger partial charge < -0.3 is 10.1 Å². The molecule has 0 radical (unpaired) electrons. The number of anilines is 2. The third kappa shape index (κ3) is 5.32. The molecule has 0 saturated heterocycles. The summed E-state index contributed by atoms with van der Waals surface area (Å²) in [5.74, 6) is 0.762. The molecule has 1 heterocycles. The molecule has 8 heteroatoms. The van der Waals surface area contributed by atoms with Crippen LogP contribution in [0, 0.1) is 0 Å². The Hall–Kier alpha value is -3.39. The summed E-state index contributed by atoms with van der Waals surface area (Å²) in [5.41, 5.74) is 0.853. The molecule has 0 saturated carbocycles. The molecule has 0 aliphatic heterocycles. The third-order valence-electron chi connectivity index (χ3n) is 4.09. The minimum atomic E-state index is -3.71. The maximum absolute atomic E-state index is 12.6. The van der Waals surface area contributed by atoms with Crippen molar-refractivity contribution in [3.63, 3.8) is 0 Å². The Morgan fingerprint density at radius 2 is 1.66 bits per heavy atom. The minimum absolute atomic E-state index is 0.363. The SMILES string of the molecule is C[C@H](C(=O)Nc1cccnc1)N(c1ccc(Oc2ccccc2)cc1)S(C)(=O)=O. The number of hydrogen-bond acceptors (Lipinski definition) is 5. The lowest BCUT2D eigenvalue weighted by molar-refractivity contribution is -0.116. The summed E-state index contributed by atoms with van der Waals surface area (Å²) in [4.78, 5) is 16.5. The van der Waals surface area contributed by atoms with Crippen LogP contribution in [0.25, 0.3) is 0 Å². The first-order chi connectivity index (χ1) is 13.8. The van der Waals surface area contributed by atoms with Crippen molar-refractivity contribution in [1.82, 2.24) is 4.98 Å². The summed E-state index contributed by atoms with van der Waals surface area (Å²) in [7, 11) is -3.71. The highest BCUT2D eigenvalue weighted by Gasteiger charge is 2.29. The lowest BCUT2D eigenvalue weighted by atomic mass is 10.2. The van der Waals surface area contributed by atoms with E-state index < -0.39 is 22.0 Å². The van der Waals surface area contributed by atoms with Crippen LogP contribution in [-0.4, -0.2) is 31.6 Å². The number of sulfonamides is 1. The van der Waals surface area contributed by atoms with Gasteiger partial charge in [0, 0.05) is 6.20 Å². The van der Waals surface area contributed by atoms with E-state index in [1.54, 1.807) is 42.6 Å². The molecule has 3 rings (SSSR count). The fourth-order valence-corrected chi connectivity index (χ4v) is 3.95. The minimum Gasteiger partial charge on any atom is -0.457 e. The molecule has 0 aliphatic rings. The van der Waals surface area contributed by atoms with Crippen LogP contribution in [0.4, 0.5) is 11.4 Å². The fraction of sp³-hybridized carbons (Fsp3) is 0.143. The largest absolute Gasteiger partial charge is 0.457 e. The Kier molecular flexibility index (Phi) is 6.13. The molecule has 0 bridgehead atoms. The molecule has 0 spiro atoms. The van der Waals surface area contributed by atoms with Gasteiger partial charge >= 0.3 is 0 Å². The van der Waals surface area contributed by atoms with Crippen molar-refractivity contribution in [2.24, 2.45) is 0 Å². The first kappa shape index (κ1) is 20.3. The van der Waals surface area contributed by atoms with Crippen molar-refractivity contribution < 1.29 is 17.9 Å². The zero-order valence-electron chi connectivity index (χ0n) is 16.0. The van der Waals surface area contributed by atoms with Crippen molar-refractivity contribution >= 4 is 27.3 Å². The molecule has 1 N–H and O–H groups in total. The maximum Gasteiger partial charge on any atom is 0.248 e. The Balaban J connectivity index is 1.80. The highest BCUT2D eigenvalue weighted by Crippen LogP contribution is 2.27. The summed E-state index contributed by atoms with van der Waals surface area (Å²) < 4.78 is 31.6. The standard InChI is InChI=1S/C21H21N3O4S/c1-16(21(25)23-17-7-6-14-22-15-17)24(29(2,26)27)18-10-12-20(13-11-18)28-19-8-4-3-5-9-19/h3-16H,1-2H3,(H,23,25)/t16-/m1/s1. The van der Waals surface area contributed by atoms with Crippen LogP contribution in [0.1, 0.15) is 6.92 Å². The quantitative estimate of drug-likeness (QED) is 0.641. The number of benzene rings is 2. The van der Waals surface area contributed by atoms with Gasteiger partial charge in [-0.15, -0.1) is 0 Å². The van der Waals surface area contributed by atoms with Gasteiger partial charge in [0.15, 0.2) is 0 Å². The summed E-state index contributed by atoms with van der Waals surface area (Å²) >= 11 is 0. The number of nitrogens with zero attached hydrogens (tertiary/aromatic N) is 2. The van der Waals surface area contributed by atoms with Gasteiger partial charge in [-0.1, -0.05) is 18.2 Å². The molecule has 0 unspecified atom stereocenters. The molecule has 7 nitrogen and oxygen atoms in total. The first-order valence-corrected chi connectivity index (χ1v) is 10.7. The topological polar surface area (TPSA) is 88.6 Å². The van der Waals surface area contributed by atoms with E-state index in [0.717, 1.165) is 10.6 Å². The van der Waals surface area contributed by atoms with Gasteiger partial charge in [-0.25, -0.2) is 8.42 Å². The number of para-hydroxylation sites is 1. The van der Waals surface area contributed by atoms with Crippen LogP contribution in [-0.2, 0) is 14.8 Å². The van der Waals surface area contributed by atoms with Crippen molar-refractivity contribution in [2.45, 2.75) is 13.0 Å². The number of pyridine rings is 1. The number of ether oxygens (including phenoxy) is 1. The number of carbonyl (C=O) groups excluding carboxylic acids is 1. The molecule has 3 aromatic rings. The second-order valence-electron chi connectivity index (χ2n) is 6.37. The van der Waals surface area contributed by atoms with Gasteiger partial charge in [-0.3, -0.25) is 14.1 Å². The number of amides is 1. The highest BCUT2D eigenvalue weighted by atomic mass is 32.2. The molecule has 0 fully saturated rings. The van der Waals surface area contributed by atoms with Crippen molar-refractivity contribution in [2.75, 3.05) is 15.9 Å². The van der Waals surface area contributed by atoms with Crippen LogP contribution < -0.4 is 14.4 Å². The molecule has 150 valence electrons. The van der Waals surface area contributed by atoms with Crippen molar-refractivity contribution in [3.8, 4) is 11.5 Å². The Morgan fingerprint density at radius 3 is 2.24 bits per heavy atom. The van der Waals surface area contributed by atoms with Gasteiger partial charge in [-0.05, 0) is 55.5 Å². The smallest absolute Gasteiger partial charge is 0.248 e. The van der Waals surface area contributed by atoms with Gasteiger partial charge in [0.25, 0.3) is 0 Å². The van der Waals surface area contributed by atoms with Crippen LogP contribution in [0.2, 0.25) is 0 Å². The zero-order valence-corrected chi connectivity index (χ0v) is 16.8. The predicted molar refractivity (Wildman–Crippen MR) is 113 cm³/mol. The summed E-state index contributed by atoms with van der Waals surface area (Å²) in [5, 5.41) is 2.68. The van der Waals surface area contributed by atoms with Crippen LogP contribution in [0.5, 0.6) is 11.5 Å². The van der Waals surface area contributed by atoms with Crippen molar-refractivity contribution in [3.05, 3.63) is 79.1 Å². The number of hydrogen-bond donors (Lipinski definition) is 1. The number of carbonyl (C=O) groups is 1. The van der Waals surface area contributed by atoms with Gasteiger partial charge in [0.1, 0.15) is 17.5 Å². The monoisotopic (exact) mass is 411 g/mol. The number of aromatic nitrogens is 1. The van der Waals surface area contributed by atoms with E-state index in [1.807, 2.05) is 30.3 Å². The lowest BCUT2D eigenvalue weighted by Crippen LogP contribution is -2.45. The lowest BCUT2D eigenvalue weighted by Gasteiger charge is -2.28. The van der Waals surface area contributed by atoms with E-state index in [4.69, 9.17) is 4.74 Å². The Labute approximate surface area is 170 Å². The highest BCUT2D eigenvalue weighted by molar-refractivity contribution is 7.92. The molecule has 1 amide bonds. The molecule has 0 aliphatic carbocycles.